The van der Waals surface area contributed by atoms with E-state index in [-0.39, 0.29) is 37.9 Å². The van der Waals surface area contributed by atoms with E-state index in [0.29, 0.717) is 35.6 Å². The number of aromatic nitrogens is 1. The van der Waals surface area contributed by atoms with Gasteiger partial charge >= 0.3 is 0 Å². The number of benzene rings is 2. The van der Waals surface area contributed by atoms with Crippen LogP contribution in [0.5, 0.6) is 5.75 Å². The molecule has 3 aromatic rings. The Labute approximate surface area is 224 Å². The quantitative estimate of drug-likeness (QED) is 0.419. The van der Waals surface area contributed by atoms with Crippen molar-refractivity contribution in [2.45, 2.75) is 43.6 Å². The van der Waals surface area contributed by atoms with E-state index in [4.69, 9.17) is 14.5 Å². The summed E-state index contributed by atoms with van der Waals surface area (Å²) in [4.78, 5) is 19.6. The number of carbonyl (C=O) groups is 1. The number of piperidine rings is 1. The second-order valence-electron chi connectivity index (χ2n) is 9.60. The van der Waals surface area contributed by atoms with Gasteiger partial charge in [-0.3, -0.25) is 9.69 Å². The number of anilines is 1. The molecule has 2 aromatic carbocycles. The van der Waals surface area contributed by atoms with E-state index in [1.807, 2.05) is 19.1 Å². The Morgan fingerprint density at radius 2 is 1.97 bits per heavy atom. The van der Waals surface area contributed by atoms with Gasteiger partial charge in [-0.15, -0.1) is 0 Å². The molecule has 0 N–H and O–H groups in total. The summed E-state index contributed by atoms with van der Waals surface area (Å²) >= 11 is 1.42. The Morgan fingerprint density at radius 1 is 1.21 bits per heavy atom. The molecule has 38 heavy (non-hydrogen) atoms. The van der Waals surface area contributed by atoms with Crippen molar-refractivity contribution in [3.63, 3.8) is 0 Å². The lowest BCUT2D eigenvalue weighted by atomic mass is 9.96. The Balaban J connectivity index is 1.38. The number of hydrogen-bond acceptors (Lipinski definition) is 7. The van der Waals surface area contributed by atoms with Crippen LogP contribution in [-0.4, -0.2) is 63.1 Å². The molecule has 1 atom stereocenters. The lowest BCUT2D eigenvalue weighted by Gasteiger charge is -2.33. The Hall–Kier alpha value is -2.67. The lowest BCUT2D eigenvalue weighted by Crippen LogP contribution is -2.46. The molecule has 2 fully saturated rings. The van der Waals surface area contributed by atoms with Crippen LogP contribution in [0.15, 0.2) is 35.2 Å². The largest absolute Gasteiger partial charge is 0.494 e. The van der Waals surface area contributed by atoms with Gasteiger partial charge in [-0.05, 0) is 62.4 Å². The first kappa shape index (κ1) is 26.9. The third kappa shape index (κ3) is 5.14. The molecule has 2 saturated heterocycles. The first-order chi connectivity index (χ1) is 18.2. The number of aryl methyl sites for hydroxylation is 1. The molecule has 1 unspecified atom stereocenters. The van der Waals surface area contributed by atoms with E-state index >= 15 is 0 Å². The average Bonchev–Trinajstić information content (AvgIpc) is 3.59. The second kappa shape index (κ2) is 10.8. The van der Waals surface area contributed by atoms with Crippen LogP contribution in [0.3, 0.4) is 0 Å². The summed E-state index contributed by atoms with van der Waals surface area (Å²) in [5.74, 6) is -1.81. The van der Waals surface area contributed by atoms with Crippen LogP contribution in [0.4, 0.5) is 13.9 Å². The summed E-state index contributed by atoms with van der Waals surface area (Å²) < 4.78 is 67.2. The molecule has 0 aliphatic carbocycles. The Bertz CT molecular complexity index is 1450. The first-order valence-electron chi connectivity index (χ1n) is 12.5. The van der Waals surface area contributed by atoms with Crippen molar-refractivity contribution in [1.29, 1.82) is 0 Å². The maximum atomic E-state index is 14.2. The lowest BCUT2D eigenvalue weighted by molar-refractivity contribution is -0.123. The highest BCUT2D eigenvalue weighted by Crippen LogP contribution is 2.38. The molecule has 0 saturated carbocycles. The van der Waals surface area contributed by atoms with Crippen LogP contribution in [0.2, 0.25) is 0 Å². The zero-order valence-corrected chi connectivity index (χ0v) is 22.8. The predicted octanol–water partition coefficient (Wildman–Crippen LogP) is 4.50. The molecule has 0 spiro atoms. The zero-order chi connectivity index (χ0) is 27.0. The van der Waals surface area contributed by atoms with Gasteiger partial charge in [-0.1, -0.05) is 17.4 Å². The number of carbonyl (C=O) groups excluding carboxylic acids is 1. The van der Waals surface area contributed by atoms with E-state index in [1.54, 1.807) is 12.0 Å². The maximum Gasteiger partial charge on any atom is 0.246 e. The fraction of sp³-hybridized carbons (Fsp3) is 0.462. The number of methoxy groups -OCH3 is 1. The summed E-state index contributed by atoms with van der Waals surface area (Å²) in [5.41, 5.74) is 1.72. The summed E-state index contributed by atoms with van der Waals surface area (Å²) in [7, 11) is -2.66. The normalized spacial score (nSPS) is 19.2. The summed E-state index contributed by atoms with van der Waals surface area (Å²) in [5, 5.41) is 0.546. The summed E-state index contributed by atoms with van der Waals surface area (Å²) in [6.45, 7) is 3.03. The van der Waals surface area contributed by atoms with Gasteiger partial charge < -0.3 is 9.47 Å². The molecule has 8 nitrogen and oxygen atoms in total. The van der Waals surface area contributed by atoms with Crippen molar-refractivity contribution in [2.24, 2.45) is 5.92 Å². The fourth-order valence-corrected chi connectivity index (χ4v) is 7.62. The number of ether oxygens (including phenoxy) is 2. The van der Waals surface area contributed by atoms with E-state index in [0.717, 1.165) is 39.5 Å². The Morgan fingerprint density at radius 3 is 2.66 bits per heavy atom. The average molecular weight is 566 g/mol. The van der Waals surface area contributed by atoms with Crippen LogP contribution < -0.4 is 9.64 Å². The number of thiazole rings is 1. The van der Waals surface area contributed by atoms with Crippen molar-refractivity contribution < 1.29 is 31.5 Å². The first-order valence-corrected chi connectivity index (χ1v) is 14.8. The molecule has 2 aliphatic heterocycles. The minimum Gasteiger partial charge on any atom is -0.494 e. The molecule has 5 rings (SSSR count). The SMILES string of the molecule is COc1ccc(C)c2sc(N(CC3CCCO3)C(=O)C3CCN(S(=O)(=O)c4cc(F)ccc4F)CC3)nc12. The third-order valence-corrected chi connectivity index (χ3v) is 10.3. The van der Waals surface area contributed by atoms with Gasteiger partial charge in [0.2, 0.25) is 15.9 Å². The monoisotopic (exact) mass is 565 g/mol. The van der Waals surface area contributed by atoms with Crippen LogP contribution in [0.25, 0.3) is 10.2 Å². The summed E-state index contributed by atoms with van der Waals surface area (Å²) in [6.07, 6.45) is 2.17. The van der Waals surface area contributed by atoms with Crippen molar-refractivity contribution >= 4 is 42.6 Å². The van der Waals surface area contributed by atoms with Gasteiger partial charge in [0.05, 0.1) is 24.5 Å². The molecule has 12 heteroatoms. The molecule has 0 bridgehead atoms. The second-order valence-corrected chi connectivity index (χ2v) is 12.5. The molecule has 1 aromatic heterocycles. The van der Waals surface area contributed by atoms with E-state index in [1.165, 1.54) is 11.3 Å². The number of fused-ring (bicyclic) bond motifs is 1. The number of halogens is 2. The highest BCUT2D eigenvalue weighted by Gasteiger charge is 2.37. The van der Waals surface area contributed by atoms with Crippen molar-refractivity contribution in [3.05, 3.63) is 47.5 Å². The van der Waals surface area contributed by atoms with Crippen LogP contribution >= 0.6 is 11.3 Å². The van der Waals surface area contributed by atoms with Gasteiger partial charge in [0.25, 0.3) is 0 Å². The predicted molar refractivity (Wildman–Crippen MR) is 140 cm³/mol. The van der Waals surface area contributed by atoms with Gasteiger partial charge in [0, 0.05) is 25.6 Å². The molecule has 204 valence electrons. The molecule has 1 amide bonds. The van der Waals surface area contributed by atoms with Crippen molar-refractivity contribution in [1.82, 2.24) is 9.29 Å². The number of amides is 1. The minimum absolute atomic E-state index is 0.0231. The highest BCUT2D eigenvalue weighted by molar-refractivity contribution is 7.89. The van der Waals surface area contributed by atoms with Crippen LogP contribution in [-0.2, 0) is 19.6 Å². The molecular formula is C26H29F2N3O5S2. The van der Waals surface area contributed by atoms with Gasteiger partial charge in [-0.2, -0.15) is 4.31 Å². The van der Waals surface area contributed by atoms with E-state index in [9.17, 15) is 22.0 Å². The van der Waals surface area contributed by atoms with E-state index < -0.39 is 32.5 Å². The maximum absolute atomic E-state index is 14.2. The number of rotatable bonds is 7. The minimum atomic E-state index is -4.24. The molecule has 0 radical (unpaired) electrons. The molecule has 3 heterocycles. The van der Waals surface area contributed by atoms with Gasteiger partial charge in [-0.25, -0.2) is 22.2 Å². The third-order valence-electron chi connectivity index (χ3n) is 7.13. The van der Waals surface area contributed by atoms with Gasteiger partial charge in [0.1, 0.15) is 27.8 Å². The summed E-state index contributed by atoms with van der Waals surface area (Å²) in [6, 6.07) is 6.17. The standard InChI is InChI=1S/C26H29F2N3O5S2/c1-16-5-8-21(35-2)23-24(16)37-26(29-23)31(15-19-4-3-13-36-19)25(32)17-9-11-30(12-10-17)38(33,34)22-14-18(27)6-7-20(22)28/h5-8,14,17,19H,3-4,9-13,15H2,1-2H3. The van der Waals surface area contributed by atoms with Gasteiger partial charge in [0.15, 0.2) is 5.13 Å². The Kier molecular flexibility index (Phi) is 7.67. The van der Waals surface area contributed by atoms with Crippen molar-refractivity contribution in [3.8, 4) is 5.75 Å². The zero-order valence-electron chi connectivity index (χ0n) is 21.2. The molecular weight excluding hydrogens is 536 g/mol. The number of sulfonamides is 1. The topological polar surface area (TPSA) is 89.0 Å². The number of hydrogen-bond donors (Lipinski definition) is 0. The number of nitrogens with zero attached hydrogens (tertiary/aromatic N) is 3. The van der Waals surface area contributed by atoms with Crippen LogP contribution in [0, 0.1) is 24.5 Å². The fourth-order valence-electron chi connectivity index (χ4n) is 5.01. The molecule has 2 aliphatic rings. The smallest absolute Gasteiger partial charge is 0.246 e. The highest BCUT2D eigenvalue weighted by atomic mass is 32.2. The van der Waals surface area contributed by atoms with Crippen LogP contribution in [0.1, 0.15) is 31.2 Å². The van der Waals surface area contributed by atoms with E-state index in [2.05, 4.69) is 0 Å². The van der Waals surface area contributed by atoms with Crippen molar-refractivity contribution in [2.75, 3.05) is 38.3 Å².